The molecule has 0 atom stereocenters. The molecule has 0 spiro atoms. The molecule has 1 N–H and O–H groups in total. The molecule has 0 saturated carbocycles. The number of hydrogen-bond donors (Lipinski definition) is 1. The molecule has 0 radical (unpaired) electrons. The van der Waals surface area contributed by atoms with Gasteiger partial charge >= 0.3 is 0 Å². The number of para-hydroxylation sites is 1. The highest BCUT2D eigenvalue weighted by molar-refractivity contribution is 5.81. The number of hydrogen-bond acceptors (Lipinski definition) is 3. The van der Waals surface area contributed by atoms with Crippen molar-refractivity contribution in [3.05, 3.63) is 35.9 Å². The van der Waals surface area contributed by atoms with E-state index in [1.165, 1.54) is 30.2 Å². The molecule has 0 aliphatic carbocycles. The second-order valence-corrected chi connectivity index (χ2v) is 5.66. The van der Waals surface area contributed by atoms with E-state index in [2.05, 4.69) is 55.4 Å². The summed E-state index contributed by atoms with van der Waals surface area (Å²) in [5.41, 5.74) is 2.35. The van der Waals surface area contributed by atoms with Crippen LogP contribution in [0.1, 0.15) is 38.7 Å². The van der Waals surface area contributed by atoms with Crippen molar-refractivity contribution in [1.82, 2.24) is 9.88 Å². The fourth-order valence-corrected chi connectivity index (χ4v) is 2.60. The van der Waals surface area contributed by atoms with Crippen LogP contribution in [-0.4, -0.2) is 30.0 Å². The van der Waals surface area contributed by atoms with Gasteiger partial charge in [-0.25, -0.2) is 4.98 Å². The lowest BCUT2D eigenvalue weighted by atomic mass is 10.1. The van der Waals surface area contributed by atoms with Crippen molar-refractivity contribution < 1.29 is 0 Å². The Bertz CT molecular complexity index is 565. The van der Waals surface area contributed by atoms with Gasteiger partial charge < -0.3 is 10.2 Å². The maximum absolute atomic E-state index is 4.78. The first-order valence-corrected chi connectivity index (χ1v) is 8.05. The first-order valence-electron chi connectivity index (χ1n) is 8.05. The van der Waals surface area contributed by atoms with Gasteiger partial charge in [-0.05, 0) is 39.1 Å². The third-order valence-electron chi connectivity index (χ3n) is 3.73. The number of pyridine rings is 1. The summed E-state index contributed by atoms with van der Waals surface area (Å²) in [5, 5.41) is 4.62. The van der Waals surface area contributed by atoms with Crippen LogP contribution < -0.4 is 5.32 Å². The van der Waals surface area contributed by atoms with E-state index in [9.17, 15) is 0 Å². The summed E-state index contributed by atoms with van der Waals surface area (Å²) < 4.78 is 0. The molecule has 2 aromatic rings. The minimum atomic E-state index is 0.901. The van der Waals surface area contributed by atoms with Crippen LogP contribution in [0.25, 0.3) is 10.9 Å². The zero-order valence-electron chi connectivity index (χ0n) is 13.5. The molecule has 0 aliphatic heterocycles. The average Bonchev–Trinajstić information content (AvgIpc) is 2.48. The lowest BCUT2D eigenvalue weighted by Gasteiger charge is -2.19. The zero-order chi connectivity index (χ0) is 15.1. The Hall–Kier alpha value is -1.61. The Balaban J connectivity index is 2.17. The number of fused-ring (bicyclic) bond motifs is 1. The number of nitrogens with zero attached hydrogens (tertiary/aromatic N) is 2. The van der Waals surface area contributed by atoms with E-state index >= 15 is 0 Å². The van der Waals surface area contributed by atoms with Crippen LogP contribution in [0.5, 0.6) is 0 Å². The van der Waals surface area contributed by atoms with Gasteiger partial charge in [-0.1, -0.05) is 38.0 Å². The number of unbranched alkanes of at least 4 members (excludes halogenated alkanes) is 2. The predicted molar refractivity (Wildman–Crippen MR) is 91.8 cm³/mol. The Kier molecular flexibility index (Phi) is 6.00. The van der Waals surface area contributed by atoms with Gasteiger partial charge in [-0.3, -0.25) is 0 Å². The minimum absolute atomic E-state index is 0.901. The molecular formula is C18H27N3. The Morgan fingerprint density at radius 3 is 2.71 bits per heavy atom. The van der Waals surface area contributed by atoms with Crippen LogP contribution in [0.4, 0.5) is 5.82 Å². The topological polar surface area (TPSA) is 28.2 Å². The standard InChI is InChI=1S/C18H27N3/c1-4-6-9-12-21(3)14-16-13-15-10-7-8-11-17(15)20-18(16)19-5-2/h7-8,10-11,13H,4-6,9,12,14H2,1-3H3,(H,19,20). The number of benzene rings is 1. The first-order chi connectivity index (χ1) is 10.2. The first kappa shape index (κ1) is 15.8. The minimum Gasteiger partial charge on any atom is -0.370 e. The summed E-state index contributed by atoms with van der Waals surface area (Å²) in [6, 6.07) is 10.6. The summed E-state index contributed by atoms with van der Waals surface area (Å²) in [6.07, 6.45) is 3.85. The van der Waals surface area contributed by atoms with Crippen LogP contribution in [0, 0.1) is 0 Å². The third kappa shape index (κ3) is 4.43. The van der Waals surface area contributed by atoms with Gasteiger partial charge in [0.1, 0.15) is 5.82 Å². The quantitative estimate of drug-likeness (QED) is 0.733. The zero-order valence-corrected chi connectivity index (χ0v) is 13.5. The maximum Gasteiger partial charge on any atom is 0.131 e. The van der Waals surface area contributed by atoms with Gasteiger partial charge in [-0.2, -0.15) is 0 Å². The highest BCUT2D eigenvalue weighted by Crippen LogP contribution is 2.21. The van der Waals surface area contributed by atoms with Crippen molar-refractivity contribution in [2.75, 3.05) is 25.5 Å². The second-order valence-electron chi connectivity index (χ2n) is 5.66. The molecule has 0 bridgehead atoms. The van der Waals surface area contributed by atoms with Crippen molar-refractivity contribution in [3.63, 3.8) is 0 Å². The lowest BCUT2D eigenvalue weighted by Crippen LogP contribution is -2.20. The molecule has 0 amide bonds. The summed E-state index contributed by atoms with van der Waals surface area (Å²) in [7, 11) is 2.20. The van der Waals surface area contributed by atoms with Crippen LogP contribution in [-0.2, 0) is 6.54 Å². The molecule has 3 nitrogen and oxygen atoms in total. The van der Waals surface area contributed by atoms with Crippen LogP contribution in [0.2, 0.25) is 0 Å². The van der Waals surface area contributed by atoms with Gasteiger partial charge in [0, 0.05) is 24.0 Å². The lowest BCUT2D eigenvalue weighted by molar-refractivity contribution is 0.318. The Morgan fingerprint density at radius 1 is 1.14 bits per heavy atom. The number of rotatable bonds is 8. The van der Waals surface area contributed by atoms with Crippen LogP contribution in [0.3, 0.4) is 0 Å². The third-order valence-corrected chi connectivity index (χ3v) is 3.73. The van der Waals surface area contributed by atoms with Gasteiger partial charge in [0.2, 0.25) is 0 Å². The molecule has 114 valence electrons. The molecule has 1 aromatic heterocycles. The summed E-state index contributed by atoms with van der Waals surface area (Å²) in [6.45, 7) is 7.36. The molecule has 0 saturated heterocycles. The van der Waals surface area contributed by atoms with Crippen LogP contribution in [0.15, 0.2) is 30.3 Å². The molecule has 0 fully saturated rings. The molecule has 21 heavy (non-hydrogen) atoms. The Morgan fingerprint density at radius 2 is 1.95 bits per heavy atom. The van der Waals surface area contributed by atoms with E-state index in [1.54, 1.807) is 0 Å². The monoisotopic (exact) mass is 285 g/mol. The van der Waals surface area contributed by atoms with Crippen molar-refractivity contribution in [2.45, 2.75) is 39.7 Å². The van der Waals surface area contributed by atoms with Crippen molar-refractivity contribution in [2.24, 2.45) is 0 Å². The van der Waals surface area contributed by atoms with E-state index in [-0.39, 0.29) is 0 Å². The fourth-order valence-electron chi connectivity index (χ4n) is 2.60. The fraction of sp³-hybridized carbons (Fsp3) is 0.500. The molecule has 1 heterocycles. The van der Waals surface area contributed by atoms with E-state index in [0.29, 0.717) is 0 Å². The molecule has 0 unspecified atom stereocenters. The van der Waals surface area contributed by atoms with Gasteiger partial charge in [0.15, 0.2) is 0 Å². The summed E-state index contributed by atoms with van der Waals surface area (Å²) in [4.78, 5) is 7.17. The molecular weight excluding hydrogens is 258 g/mol. The SMILES string of the molecule is CCCCCN(C)Cc1cc2ccccc2nc1NCC. The molecule has 2 rings (SSSR count). The van der Waals surface area contributed by atoms with Crippen molar-refractivity contribution in [3.8, 4) is 0 Å². The van der Waals surface area contributed by atoms with E-state index in [1.807, 2.05) is 6.07 Å². The number of aromatic nitrogens is 1. The van der Waals surface area contributed by atoms with Gasteiger partial charge in [0.25, 0.3) is 0 Å². The number of anilines is 1. The highest BCUT2D eigenvalue weighted by Gasteiger charge is 2.08. The predicted octanol–water partition coefficient (Wildman–Crippen LogP) is 4.29. The average molecular weight is 285 g/mol. The number of nitrogens with one attached hydrogen (secondary N) is 1. The van der Waals surface area contributed by atoms with E-state index < -0.39 is 0 Å². The summed E-state index contributed by atoms with van der Waals surface area (Å²) in [5.74, 6) is 1.03. The van der Waals surface area contributed by atoms with Crippen LogP contribution >= 0.6 is 0 Å². The highest BCUT2D eigenvalue weighted by atomic mass is 15.1. The van der Waals surface area contributed by atoms with Gasteiger partial charge in [0.05, 0.1) is 5.52 Å². The van der Waals surface area contributed by atoms with E-state index in [0.717, 1.165) is 31.0 Å². The Labute approximate surface area is 128 Å². The van der Waals surface area contributed by atoms with Crippen molar-refractivity contribution >= 4 is 16.7 Å². The largest absolute Gasteiger partial charge is 0.370 e. The van der Waals surface area contributed by atoms with E-state index in [4.69, 9.17) is 4.98 Å². The normalized spacial score (nSPS) is 11.2. The summed E-state index contributed by atoms with van der Waals surface area (Å²) >= 11 is 0. The smallest absolute Gasteiger partial charge is 0.131 e. The van der Waals surface area contributed by atoms with Gasteiger partial charge in [-0.15, -0.1) is 0 Å². The maximum atomic E-state index is 4.78. The molecule has 3 heteroatoms. The van der Waals surface area contributed by atoms with Crippen molar-refractivity contribution in [1.29, 1.82) is 0 Å². The molecule has 0 aliphatic rings. The second kappa shape index (κ2) is 7.99. The molecule has 1 aromatic carbocycles.